The van der Waals surface area contributed by atoms with E-state index in [1.54, 1.807) is 21.3 Å². The molecule has 1 N–H and O–H groups in total. The number of ether oxygens (including phenoxy) is 4. The minimum Gasteiger partial charge on any atom is -0.493 e. The average molecular weight is 369 g/mol. The summed E-state index contributed by atoms with van der Waals surface area (Å²) >= 11 is 0. The zero-order chi connectivity index (χ0) is 19.0. The molecule has 0 unspecified atom stereocenters. The van der Waals surface area contributed by atoms with Gasteiger partial charge in [-0.3, -0.25) is 0 Å². The number of benzene rings is 2. The lowest BCUT2D eigenvalue weighted by Crippen LogP contribution is -2.36. The van der Waals surface area contributed by atoms with Gasteiger partial charge in [0.2, 0.25) is 5.75 Å². The van der Waals surface area contributed by atoms with Crippen molar-refractivity contribution in [3.8, 4) is 17.2 Å². The zero-order valence-corrected chi connectivity index (χ0v) is 16.4. The van der Waals surface area contributed by atoms with Crippen molar-refractivity contribution in [2.24, 2.45) is 5.92 Å². The Bertz CT molecular complexity index is 810. The van der Waals surface area contributed by atoms with Crippen LogP contribution in [0.1, 0.15) is 41.7 Å². The third kappa shape index (κ3) is 3.10. The number of aryl methyl sites for hydroxylation is 1. The molecule has 2 aromatic rings. The summed E-state index contributed by atoms with van der Waals surface area (Å²) in [7, 11) is 4.93. The summed E-state index contributed by atoms with van der Waals surface area (Å²) in [6.07, 6.45) is 2.30. The summed E-state index contributed by atoms with van der Waals surface area (Å²) in [5.41, 5.74) is 4.79. The second-order valence-electron chi connectivity index (χ2n) is 7.27. The largest absolute Gasteiger partial charge is 0.493 e. The Morgan fingerprint density at radius 2 is 1.74 bits per heavy atom. The van der Waals surface area contributed by atoms with Gasteiger partial charge in [-0.2, -0.15) is 0 Å². The molecule has 3 atom stereocenters. The van der Waals surface area contributed by atoms with Crippen LogP contribution >= 0.6 is 0 Å². The van der Waals surface area contributed by atoms with Crippen LogP contribution in [-0.4, -0.2) is 27.9 Å². The third-order valence-corrected chi connectivity index (χ3v) is 5.67. The quantitative estimate of drug-likeness (QED) is 0.850. The predicted octanol–water partition coefficient (Wildman–Crippen LogP) is 4.66. The molecule has 27 heavy (non-hydrogen) atoms. The van der Waals surface area contributed by atoms with Crippen LogP contribution < -0.4 is 19.5 Å². The Hall–Kier alpha value is -2.40. The Balaban J connectivity index is 1.80. The maximum atomic E-state index is 6.25. The summed E-state index contributed by atoms with van der Waals surface area (Å²) < 4.78 is 22.9. The van der Waals surface area contributed by atoms with Gasteiger partial charge in [0, 0.05) is 23.8 Å². The van der Waals surface area contributed by atoms with E-state index in [-0.39, 0.29) is 12.1 Å². The van der Waals surface area contributed by atoms with Crippen LogP contribution in [-0.2, 0) is 4.74 Å². The molecule has 0 aromatic heterocycles. The molecule has 1 saturated heterocycles. The topological polar surface area (TPSA) is 49.0 Å². The second kappa shape index (κ2) is 7.31. The number of rotatable bonds is 4. The third-order valence-electron chi connectivity index (χ3n) is 5.67. The van der Waals surface area contributed by atoms with Gasteiger partial charge in [-0.25, -0.2) is 0 Å². The maximum Gasteiger partial charge on any atom is 0.203 e. The Kier molecular flexibility index (Phi) is 4.87. The standard InChI is InChI=1S/C22H27NO4/c1-13-7-8-17-16(10-13)21-15(6-5-9-27-21)20(23-17)14-11-18(24-2)22(26-4)19(12-14)25-3/h7-8,10-12,15,20-21,23H,5-6,9H2,1-4H3/t15-,20-,21-/m0/s1. The Morgan fingerprint density at radius 3 is 2.41 bits per heavy atom. The molecule has 2 aromatic carbocycles. The molecule has 0 saturated carbocycles. The van der Waals surface area contributed by atoms with Crippen LogP contribution in [0.15, 0.2) is 30.3 Å². The summed E-state index contributed by atoms with van der Waals surface area (Å²) in [5, 5.41) is 3.75. The Labute approximate surface area is 160 Å². The molecule has 0 bridgehead atoms. The zero-order valence-electron chi connectivity index (χ0n) is 16.4. The van der Waals surface area contributed by atoms with Gasteiger partial charge in [-0.1, -0.05) is 17.7 Å². The average Bonchev–Trinajstić information content (AvgIpc) is 2.72. The Morgan fingerprint density at radius 1 is 1.00 bits per heavy atom. The molecule has 4 rings (SSSR count). The van der Waals surface area contributed by atoms with Crippen molar-refractivity contribution < 1.29 is 18.9 Å². The number of fused-ring (bicyclic) bond motifs is 3. The van der Waals surface area contributed by atoms with Crippen LogP contribution in [0.2, 0.25) is 0 Å². The fourth-order valence-corrected chi connectivity index (χ4v) is 4.40. The van der Waals surface area contributed by atoms with E-state index >= 15 is 0 Å². The van der Waals surface area contributed by atoms with Gasteiger partial charge in [-0.15, -0.1) is 0 Å². The number of nitrogens with one attached hydrogen (secondary N) is 1. The van der Waals surface area contributed by atoms with E-state index in [0.29, 0.717) is 23.2 Å². The van der Waals surface area contributed by atoms with E-state index in [0.717, 1.165) is 30.7 Å². The summed E-state index contributed by atoms with van der Waals surface area (Å²) in [5.74, 6) is 2.33. The van der Waals surface area contributed by atoms with E-state index in [1.165, 1.54) is 11.1 Å². The lowest BCUT2D eigenvalue weighted by molar-refractivity contribution is -0.0382. The van der Waals surface area contributed by atoms with Crippen LogP contribution in [0.25, 0.3) is 0 Å². The van der Waals surface area contributed by atoms with Gasteiger partial charge in [0.1, 0.15) is 0 Å². The van der Waals surface area contributed by atoms with Gasteiger partial charge >= 0.3 is 0 Å². The molecular formula is C22H27NO4. The molecule has 1 fully saturated rings. The van der Waals surface area contributed by atoms with E-state index in [1.807, 2.05) is 12.1 Å². The highest BCUT2D eigenvalue weighted by molar-refractivity contribution is 5.60. The van der Waals surface area contributed by atoms with Crippen molar-refractivity contribution in [3.63, 3.8) is 0 Å². The van der Waals surface area contributed by atoms with Gasteiger partial charge in [0.25, 0.3) is 0 Å². The van der Waals surface area contributed by atoms with E-state index in [2.05, 4.69) is 30.4 Å². The normalized spacial score (nSPS) is 23.6. The molecule has 0 amide bonds. The van der Waals surface area contributed by atoms with Crippen molar-refractivity contribution in [1.82, 2.24) is 0 Å². The number of hydrogen-bond acceptors (Lipinski definition) is 5. The monoisotopic (exact) mass is 369 g/mol. The van der Waals surface area contributed by atoms with Crippen LogP contribution in [0.5, 0.6) is 17.2 Å². The van der Waals surface area contributed by atoms with E-state index < -0.39 is 0 Å². The molecule has 2 heterocycles. The lowest BCUT2D eigenvalue weighted by Gasteiger charge is -2.43. The summed E-state index contributed by atoms with van der Waals surface area (Å²) in [4.78, 5) is 0. The fourth-order valence-electron chi connectivity index (χ4n) is 4.40. The second-order valence-corrected chi connectivity index (χ2v) is 7.27. The van der Waals surface area contributed by atoms with Gasteiger partial charge in [-0.05, 0) is 43.5 Å². The SMILES string of the molecule is COc1cc([C@@H]2Nc3ccc(C)cc3[C@H]3OCCC[C@H]32)cc(OC)c1OC. The van der Waals surface area contributed by atoms with Crippen molar-refractivity contribution in [3.05, 3.63) is 47.0 Å². The summed E-state index contributed by atoms with van der Waals surface area (Å²) in [6.45, 7) is 2.94. The van der Waals surface area contributed by atoms with Crippen molar-refractivity contribution in [2.45, 2.75) is 31.9 Å². The first-order valence-electron chi connectivity index (χ1n) is 9.45. The van der Waals surface area contributed by atoms with Crippen LogP contribution in [0.4, 0.5) is 5.69 Å². The first-order valence-corrected chi connectivity index (χ1v) is 9.45. The lowest BCUT2D eigenvalue weighted by atomic mass is 9.77. The van der Waals surface area contributed by atoms with E-state index in [4.69, 9.17) is 18.9 Å². The van der Waals surface area contributed by atoms with Gasteiger partial charge < -0.3 is 24.3 Å². The minimum atomic E-state index is 0.110. The number of anilines is 1. The molecule has 5 heteroatoms. The molecular weight excluding hydrogens is 342 g/mol. The highest BCUT2D eigenvalue weighted by Crippen LogP contribution is 2.51. The van der Waals surface area contributed by atoms with Crippen LogP contribution in [0, 0.1) is 12.8 Å². The van der Waals surface area contributed by atoms with Gasteiger partial charge in [0.05, 0.1) is 33.5 Å². The molecule has 0 spiro atoms. The number of hydrogen-bond donors (Lipinski definition) is 1. The first kappa shape index (κ1) is 18.0. The van der Waals surface area contributed by atoms with Crippen molar-refractivity contribution in [1.29, 1.82) is 0 Å². The smallest absolute Gasteiger partial charge is 0.203 e. The highest BCUT2D eigenvalue weighted by atomic mass is 16.5. The van der Waals surface area contributed by atoms with Gasteiger partial charge in [0.15, 0.2) is 11.5 Å². The fraction of sp³-hybridized carbons (Fsp3) is 0.455. The molecule has 0 radical (unpaired) electrons. The molecule has 144 valence electrons. The maximum absolute atomic E-state index is 6.25. The highest BCUT2D eigenvalue weighted by Gasteiger charge is 2.40. The molecule has 0 aliphatic carbocycles. The predicted molar refractivity (Wildman–Crippen MR) is 105 cm³/mol. The molecule has 5 nitrogen and oxygen atoms in total. The molecule has 2 aliphatic rings. The first-order chi connectivity index (χ1) is 13.2. The van der Waals surface area contributed by atoms with Crippen molar-refractivity contribution >= 4 is 5.69 Å². The molecule has 2 aliphatic heterocycles. The summed E-state index contributed by atoms with van der Waals surface area (Å²) in [6, 6.07) is 10.8. The van der Waals surface area contributed by atoms with Crippen molar-refractivity contribution in [2.75, 3.05) is 33.3 Å². The number of methoxy groups -OCH3 is 3. The minimum absolute atomic E-state index is 0.110. The van der Waals surface area contributed by atoms with E-state index in [9.17, 15) is 0 Å². The van der Waals surface area contributed by atoms with Crippen LogP contribution in [0.3, 0.4) is 0 Å².